The van der Waals surface area contributed by atoms with E-state index >= 15 is 0 Å². The fourth-order valence-electron chi connectivity index (χ4n) is 3.51. The predicted octanol–water partition coefficient (Wildman–Crippen LogP) is 5.90. The minimum atomic E-state index is 0.243. The molecule has 2 heteroatoms. The molecule has 1 nitrogen and oxygen atoms in total. The molecule has 1 aliphatic carbocycles. The van der Waals surface area contributed by atoms with Gasteiger partial charge in [-0.05, 0) is 60.5 Å². The van der Waals surface area contributed by atoms with Crippen molar-refractivity contribution in [3.05, 3.63) is 21.9 Å². The van der Waals surface area contributed by atoms with Gasteiger partial charge in [0.25, 0.3) is 0 Å². The Bertz CT molecular complexity index is 453. The maximum Gasteiger partial charge on any atom is 0.0418 e. The third-order valence-corrected chi connectivity index (χ3v) is 6.81. The van der Waals surface area contributed by atoms with Gasteiger partial charge in [-0.15, -0.1) is 11.3 Å². The Morgan fingerprint density at radius 3 is 2.00 bits per heavy atom. The van der Waals surface area contributed by atoms with E-state index in [1.807, 2.05) is 11.3 Å². The van der Waals surface area contributed by atoms with Gasteiger partial charge >= 0.3 is 0 Å². The normalized spacial score (nSPS) is 25.9. The number of rotatable bonds is 2. The smallest absolute Gasteiger partial charge is 0.0418 e. The average molecular weight is 308 g/mol. The first-order valence-electron chi connectivity index (χ1n) is 8.45. The van der Waals surface area contributed by atoms with Crippen molar-refractivity contribution < 1.29 is 0 Å². The monoisotopic (exact) mass is 307 g/mol. The Hall–Kier alpha value is -0.340. The predicted molar refractivity (Wildman–Crippen MR) is 94.9 cm³/mol. The summed E-state index contributed by atoms with van der Waals surface area (Å²) in [6.07, 6.45) is 5.29. The molecule has 0 amide bonds. The molecule has 0 saturated heterocycles. The minimum absolute atomic E-state index is 0.243. The summed E-state index contributed by atoms with van der Waals surface area (Å²) in [6, 6.07) is 4.79. The van der Waals surface area contributed by atoms with Crippen molar-refractivity contribution in [3.8, 4) is 0 Å². The van der Waals surface area contributed by atoms with Crippen LogP contribution in [0.2, 0.25) is 0 Å². The Morgan fingerprint density at radius 2 is 1.57 bits per heavy atom. The van der Waals surface area contributed by atoms with Crippen molar-refractivity contribution in [2.75, 3.05) is 0 Å². The van der Waals surface area contributed by atoms with E-state index in [9.17, 15) is 0 Å². The van der Waals surface area contributed by atoms with Crippen LogP contribution in [0.1, 0.15) is 83.0 Å². The van der Waals surface area contributed by atoms with E-state index in [2.05, 4.69) is 53.7 Å². The van der Waals surface area contributed by atoms with E-state index in [1.165, 1.54) is 35.4 Å². The molecule has 1 aromatic rings. The lowest BCUT2D eigenvalue weighted by Gasteiger charge is -2.38. The quantitative estimate of drug-likeness (QED) is 0.723. The molecular formula is C19H33NS. The van der Waals surface area contributed by atoms with Gasteiger partial charge in [-0.3, -0.25) is 0 Å². The Labute approximate surface area is 135 Å². The number of thiophene rings is 1. The topological polar surface area (TPSA) is 26.0 Å². The van der Waals surface area contributed by atoms with Gasteiger partial charge in [-0.1, -0.05) is 41.5 Å². The van der Waals surface area contributed by atoms with Gasteiger partial charge < -0.3 is 5.73 Å². The highest BCUT2D eigenvalue weighted by atomic mass is 32.1. The van der Waals surface area contributed by atoms with E-state index < -0.39 is 0 Å². The van der Waals surface area contributed by atoms with E-state index in [0.717, 1.165) is 5.92 Å². The second kappa shape index (κ2) is 6.04. The summed E-state index contributed by atoms with van der Waals surface area (Å²) >= 11 is 1.92. The zero-order valence-electron chi connectivity index (χ0n) is 14.7. The average Bonchev–Trinajstić information content (AvgIpc) is 2.86. The maximum absolute atomic E-state index is 6.59. The summed E-state index contributed by atoms with van der Waals surface area (Å²) in [6.45, 7) is 14.0. The van der Waals surface area contributed by atoms with Crippen LogP contribution in [0.4, 0.5) is 0 Å². The van der Waals surface area contributed by atoms with Crippen molar-refractivity contribution >= 4 is 11.3 Å². The fraction of sp³-hybridized carbons (Fsp3) is 0.789. The molecule has 0 aromatic carbocycles. The fourth-order valence-corrected chi connectivity index (χ4v) is 4.67. The summed E-state index contributed by atoms with van der Waals surface area (Å²) < 4.78 is 0. The molecule has 120 valence electrons. The molecule has 0 aliphatic heterocycles. The maximum atomic E-state index is 6.59. The van der Waals surface area contributed by atoms with Gasteiger partial charge in [-0.2, -0.15) is 0 Å². The summed E-state index contributed by atoms with van der Waals surface area (Å²) in [5.74, 6) is 1.55. The number of hydrogen-bond acceptors (Lipinski definition) is 2. The van der Waals surface area contributed by atoms with Crippen LogP contribution in [0.15, 0.2) is 12.1 Å². The Morgan fingerprint density at radius 1 is 1.00 bits per heavy atom. The third-order valence-electron chi connectivity index (χ3n) is 5.20. The zero-order valence-corrected chi connectivity index (χ0v) is 15.5. The SMILES string of the molecule is CC(C)(C)c1ccc(C(N)C2CCC(C(C)(C)C)CC2)s1. The molecule has 1 aliphatic rings. The Kier molecular flexibility index (Phi) is 4.90. The lowest BCUT2D eigenvalue weighted by molar-refractivity contribution is 0.140. The van der Waals surface area contributed by atoms with Gasteiger partial charge in [0, 0.05) is 15.8 Å². The highest BCUT2D eigenvalue weighted by Crippen LogP contribution is 2.44. The molecule has 1 saturated carbocycles. The van der Waals surface area contributed by atoms with Crippen LogP contribution < -0.4 is 5.73 Å². The second-order valence-electron chi connectivity index (χ2n) is 8.96. The summed E-state index contributed by atoms with van der Waals surface area (Å²) in [7, 11) is 0. The lowest BCUT2D eigenvalue weighted by atomic mass is 9.68. The molecule has 0 spiro atoms. The van der Waals surface area contributed by atoms with Crippen LogP contribution in [0, 0.1) is 17.3 Å². The molecule has 2 N–H and O–H groups in total. The highest BCUT2D eigenvalue weighted by molar-refractivity contribution is 7.12. The number of hydrogen-bond donors (Lipinski definition) is 1. The standard InChI is InChI=1S/C19H33NS/c1-18(2,3)14-9-7-13(8-10-14)17(20)15-11-12-16(21-15)19(4,5)6/h11-14,17H,7-10,20H2,1-6H3. The first-order chi connectivity index (χ1) is 9.59. The summed E-state index contributed by atoms with van der Waals surface area (Å²) in [5.41, 5.74) is 7.29. The van der Waals surface area contributed by atoms with Crippen molar-refractivity contribution in [1.82, 2.24) is 0 Å². The Balaban J connectivity index is 1.99. The van der Waals surface area contributed by atoms with Gasteiger partial charge in [-0.25, -0.2) is 0 Å². The van der Waals surface area contributed by atoms with E-state index in [0.29, 0.717) is 11.3 Å². The van der Waals surface area contributed by atoms with Gasteiger partial charge in [0.15, 0.2) is 0 Å². The molecule has 1 heterocycles. The van der Waals surface area contributed by atoms with Crippen LogP contribution in [0.3, 0.4) is 0 Å². The molecule has 1 aromatic heterocycles. The molecule has 2 rings (SSSR count). The van der Waals surface area contributed by atoms with E-state index in [4.69, 9.17) is 5.73 Å². The second-order valence-corrected chi connectivity index (χ2v) is 10.1. The van der Waals surface area contributed by atoms with Crippen LogP contribution in [0.5, 0.6) is 0 Å². The van der Waals surface area contributed by atoms with E-state index in [1.54, 1.807) is 0 Å². The minimum Gasteiger partial charge on any atom is -0.323 e. The molecular weight excluding hydrogens is 274 g/mol. The van der Waals surface area contributed by atoms with Crippen molar-refractivity contribution in [2.24, 2.45) is 23.0 Å². The van der Waals surface area contributed by atoms with Crippen molar-refractivity contribution in [2.45, 2.75) is 78.7 Å². The molecule has 1 atom stereocenters. The van der Waals surface area contributed by atoms with Gasteiger partial charge in [0.05, 0.1) is 0 Å². The summed E-state index contributed by atoms with van der Waals surface area (Å²) in [4.78, 5) is 2.84. The van der Waals surface area contributed by atoms with Crippen LogP contribution in [-0.2, 0) is 5.41 Å². The molecule has 21 heavy (non-hydrogen) atoms. The lowest BCUT2D eigenvalue weighted by Crippen LogP contribution is -2.30. The van der Waals surface area contributed by atoms with Gasteiger partial charge in [0.1, 0.15) is 0 Å². The molecule has 0 radical (unpaired) electrons. The molecule has 1 unspecified atom stereocenters. The third kappa shape index (κ3) is 4.10. The molecule has 0 bridgehead atoms. The van der Waals surface area contributed by atoms with Crippen LogP contribution >= 0.6 is 11.3 Å². The van der Waals surface area contributed by atoms with Crippen LogP contribution in [-0.4, -0.2) is 0 Å². The zero-order chi connectivity index (χ0) is 15.8. The first kappa shape index (κ1) is 17.0. The van der Waals surface area contributed by atoms with Gasteiger partial charge in [0.2, 0.25) is 0 Å². The van der Waals surface area contributed by atoms with Crippen molar-refractivity contribution in [3.63, 3.8) is 0 Å². The van der Waals surface area contributed by atoms with Crippen LogP contribution in [0.25, 0.3) is 0 Å². The largest absolute Gasteiger partial charge is 0.323 e. The van der Waals surface area contributed by atoms with Crippen molar-refractivity contribution in [1.29, 1.82) is 0 Å². The number of nitrogens with two attached hydrogens (primary N) is 1. The summed E-state index contributed by atoms with van der Waals surface area (Å²) in [5, 5.41) is 0. The van der Waals surface area contributed by atoms with E-state index in [-0.39, 0.29) is 11.5 Å². The molecule has 1 fully saturated rings. The highest BCUT2D eigenvalue weighted by Gasteiger charge is 2.32. The first-order valence-corrected chi connectivity index (χ1v) is 9.26.